The maximum atomic E-state index is 12.8. The Balaban J connectivity index is 1.90. The van der Waals surface area contributed by atoms with Crippen LogP contribution in [0.5, 0.6) is 0 Å². The van der Waals surface area contributed by atoms with E-state index in [-0.39, 0.29) is 11.8 Å². The van der Waals surface area contributed by atoms with Gasteiger partial charge in [-0.1, -0.05) is 42.1 Å². The second-order valence-corrected chi connectivity index (χ2v) is 7.92. The molecule has 1 heterocycles. The minimum Gasteiger partial charge on any atom is -0.355 e. The molecule has 2 amide bonds. The first-order valence-corrected chi connectivity index (χ1v) is 9.59. The van der Waals surface area contributed by atoms with Crippen molar-refractivity contribution in [2.45, 2.75) is 46.0 Å². The molecule has 25 heavy (non-hydrogen) atoms. The Kier molecular flexibility index (Phi) is 7.14. The number of rotatable bonds is 5. The number of halogens is 2. The van der Waals surface area contributed by atoms with Gasteiger partial charge in [0.2, 0.25) is 11.8 Å². The minimum atomic E-state index is -1.06. The number of benzene rings is 1. The first kappa shape index (κ1) is 20.1. The summed E-state index contributed by atoms with van der Waals surface area (Å²) in [7, 11) is 0. The molecule has 0 saturated carbocycles. The average molecular weight is 385 g/mol. The van der Waals surface area contributed by atoms with Crippen molar-refractivity contribution in [2.75, 3.05) is 19.6 Å². The Morgan fingerprint density at radius 2 is 1.76 bits per heavy atom. The fourth-order valence-corrected chi connectivity index (χ4v) is 3.53. The van der Waals surface area contributed by atoms with Crippen molar-refractivity contribution >= 4 is 35.0 Å². The summed E-state index contributed by atoms with van der Waals surface area (Å²) in [6.07, 6.45) is 4.92. The van der Waals surface area contributed by atoms with Crippen LogP contribution in [0.2, 0.25) is 10.0 Å². The Morgan fingerprint density at radius 1 is 1.12 bits per heavy atom. The number of carbonyl (C=O) groups excluding carboxylic acids is 2. The summed E-state index contributed by atoms with van der Waals surface area (Å²) in [5.74, 6) is -0.330. The Labute approximate surface area is 159 Å². The molecule has 1 N–H and O–H groups in total. The van der Waals surface area contributed by atoms with Crippen LogP contribution >= 0.6 is 23.2 Å². The highest BCUT2D eigenvalue weighted by molar-refractivity contribution is 6.35. The number of amides is 2. The zero-order chi connectivity index (χ0) is 18.4. The summed E-state index contributed by atoms with van der Waals surface area (Å²) in [4.78, 5) is 27.2. The van der Waals surface area contributed by atoms with Crippen LogP contribution in [-0.2, 0) is 16.0 Å². The van der Waals surface area contributed by atoms with Gasteiger partial charge in [0.25, 0.3) is 0 Å². The largest absolute Gasteiger partial charge is 0.355 e. The van der Waals surface area contributed by atoms with Gasteiger partial charge >= 0.3 is 0 Å². The molecule has 1 aromatic carbocycles. The molecule has 0 unspecified atom stereocenters. The van der Waals surface area contributed by atoms with E-state index in [1.807, 2.05) is 11.0 Å². The van der Waals surface area contributed by atoms with Crippen molar-refractivity contribution in [2.24, 2.45) is 5.41 Å². The summed E-state index contributed by atoms with van der Waals surface area (Å²) in [6.45, 7) is 5.32. The van der Waals surface area contributed by atoms with Crippen molar-refractivity contribution in [1.29, 1.82) is 0 Å². The third-order valence-electron chi connectivity index (χ3n) is 4.69. The molecule has 0 aliphatic carbocycles. The zero-order valence-electron chi connectivity index (χ0n) is 14.9. The number of hydrogen-bond donors (Lipinski definition) is 1. The van der Waals surface area contributed by atoms with Crippen LogP contribution in [0.4, 0.5) is 0 Å². The normalized spacial score (nSPS) is 15.6. The maximum absolute atomic E-state index is 12.8. The predicted molar refractivity (Wildman–Crippen MR) is 102 cm³/mol. The Hall–Kier alpha value is -1.26. The molecule has 138 valence electrons. The molecular formula is C19H26Cl2N2O2. The van der Waals surface area contributed by atoms with Crippen molar-refractivity contribution < 1.29 is 9.59 Å². The second-order valence-electron chi connectivity index (χ2n) is 7.07. The van der Waals surface area contributed by atoms with Crippen molar-refractivity contribution in [3.05, 3.63) is 33.8 Å². The van der Waals surface area contributed by atoms with Gasteiger partial charge in [-0.15, -0.1) is 0 Å². The summed E-state index contributed by atoms with van der Waals surface area (Å²) < 4.78 is 0. The molecule has 0 radical (unpaired) electrons. The van der Waals surface area contributed by atoms with E-state index < -0.39 is 5.41 Å². The standard InChI is InChI=1S/C19H26Cl2N2O2/c1-19(2,18(25)23-11-5-3-4-6-12-23)17(24)22-10-9-14-7-8-15(20)13-16(14)21/h7-8,13H,3-6,9-12H2,1-2H3,(H,22,24). The van der Waals surface area contributed by atoms with E-state index in [0.29, 0.717) is 23.0 Å². The van der Waals surface area contributed by atoms with Crippen LogP contribution < -0.4 is 5.32 Å². The van der Waals surface area contributed by atoms with Gasteiger partial charge in [-0.05, 0) is 50.8 Å². The molecule has 6 heteroatoms. The summed E-state index contributed by atoms with van der Waals surface area (Å²) >= 11 is 12.0. The van der Waals surface area contributed by atoms with Crippen molar-refractivity contribution in [3.63, 3.8) is 0 Å². The van der Waals surface area contributed by atoms with Gasteiger partial charge in [0.1, 0.15) is 5.41 Å². The van der Waals surface area contributed by atoms with E-state index in [4.69, 9.17) is 23.2 Å². The van der Waals surface area contributed by atoms with Gasteiger partial charge in [-0.3, -0.25) is 9.59 Å². The van der Waals surface area contributed by atoms with Gasteiger partial charge in [0, 0.05) is 29.7 Å². The smallest absolute Gasteiger partial charge is 0.237 e. The van der Waals surface area contributed by atoms with Crippen LogP contribution in [0.15, 0.2) is 18.2 Å². The summed E-state index contributed by atoms with van der Waals surface area (Å²) in [5, 5.41) is 4.04. The predicted octanol–water partition coefficient (Wildman–Crippen LogP) is 4.08. The molecule has 2 rings (SSSR count). The fourth-order valence-electron chi connectivity index (χ4n) is 3.02. The van der Waals surface area contributed by atoms with Crippen molar-refractivity contribution in [1.82, 2.24) is 10.2 Å². The molecule has 0 spiro atoms. The van der Waals surface area contributed by atoms with Crippen LogP contribution in [0.1, 0.15) is 45.1 Å². The lowest BCUT2D eigenvalue weighted by Gasteiger charge is -2.30. The molecular weight excluding hydrogens is 359 g/mol. The Morgan fingerprint density at radius 3 is 2.36 bits per heavy atom. The van der Waals surface area contributed by atoms with Crippen LogP contribution in [-0.4, -0.2) is 36.3 Å². The SMILES string of the molecule is CC(C)(C(=O)NCCc1ccc(Cl)cc1Cl)C(=O)N1CCCCCC1. The lowest BCUT2D eigenvalue weighted by Crippen LogP contribution is -2.50. The molecule has 1 aliphatic heterocycles. The van der Waals surface area contributed by atoms with Crippen LogP contribution in [0.3, 0.4) is 0 Å². The summed E-state index contributed by atoms with van der Waals surface area (Å²) in [6, 6.07) is 5.31. The highest BCUT2D eigenvalue weighted by atomic mass is 35.5. The third kappa shape index (κ3) is 5.35. The monoisotopic (exact) mass is 384 g/mol. The third-order valence-corrected chi connectivity index (χ3v) is 5.28. The molecule has 0 bridgehead atoms. The van der Waals surface area contributed by atoms with E-state index >= 15 is 0 Å². The van der Waals surface area contributed by atoms with E-state index in [1.54, 1.807) is 26.0 Å². The molecule has 1 fully saturated rings. The van der Waals surface area contributed by atoms with Crippen molar-refractivity contribution in [3.8, 4) is 0 Å². The zero-order valence-corrected chi connectivity index (χ0v) is 16.4. The Bertz CT molecular complexity index is 624. The van der Waals surface area contributed by atoms with Gasteiger partial charge in [-0.2, -0.15) is 0 Å². The van der Waals surface area contributed by atoms with E-state index in [2.05, 4.69) is 5.32 Å². The quantitative estimate of drug-likeness (QED) is 0.777. The fraction of sp³-hybridized carbons (Fsp3) is 0.579. The second kappa shape index (κ2) is 8.91. The first-order valence-electron chi connectivity index (χ1n) is 8.84. The first-order chi connectivity index (χ1) is 11.8. The topological polar surface area (TPSA) is 49.4 Å². The molecule has 0 atom stereocenters. The lowest BCUT2D eigenvalue weighted by atomic mass is 9.90. The number of nitrogens with zero attached hydrogens (tertiary/aromatic N) is 1. The van der Waals surface area contributed by atoms with E-state index in [1.165, 1.54) is 0 Å². The molecule has 1 aliphatic rings. The number of carbonyl (C=O) groups is 2. The highest BCUT2D eigenvalue weighted by Gasteiger charge is 2.38. The number of nitrogens with one attached hydrogen (secondary N) is 1. The van der Waals surface area contributed by atoms with Gasteiger partial charge in [0.05, 0.1) is 0 Å². The van der Waals surface area contributed by atoms with E-state index in [9.17, 15) is 9.59 Å². The number of likely N-dealkylation sites (tertiary alicyclic amines) is 1. The average Bonchev–Trinajstić information content (AvgIpc) is 2.85. The minimum absolute atomic E-state index is 0.0866. The number of hydrogen-bond acceptors (Lipinski definition) is 2. The lowest BCUT2D eigenvalue weighted by molar-refractivity contribution is -0.148. The molecule has 1 aromatic rings. The maximum Gasteiger partial charge on any atom is 0.237 e. The molecule has 0 aromatic heterocycles. The molecule has 4 nitrogen and oxygen atoms in total. The molecule has 1 saturated heterocycles. The highest BCUT2D eigenvalue weighted by Crippen LogP contribution is 2.23. The summed E-state index contributed by atoms with van der Waals surface area (Å²) in [5.41, 5.74) is -0.142. The van der Waals surface area contributed by atoms with Gasteiger partial charge in [-0.25, -0.2) is 0 Å². The van der Waals surface area contributed by atoms with Gasteiger partial charge in [0.15, 0.2) is 0 Å². The van der Waals surface area contributed by atoms with Crippen LogP contribution in [0.25, 0.3) is 0 Å². The van der Waals surface area contributed by atoms with Crippen LogP contribution in [0, 0.1) is 5.41 Å². The van der Waals surface area contributed by atoms with Gasteiger partial charge < -0.3 is 10.2 Å². The van der Waals surface area contributed by atoms with E-state index in [0.717, 1.165) is 44.3 Å².